The van der Waals surface area contributed by atoms with Gasteiger partial charge < -0.3 is 14.8 Å². The zero-order chi connectivity index (χ0) is 14.2. The van der Waals surface area contributed by atoms with E-state index in [9.17, 15) is 4.79 Å². The van der Waals surface area contributed by atoms with Crippen LogP contribution in [0.2, 0.25) is 0 Å². The van der Waals surface area contributed by atoms with Gasteiger partial charge in [-0.2, -0.15) is 0 Å². The molecule has 20 heavy (non-hydrogen) atoms. The van der Waals surface area contributed by atoms with Gasteiger partial charge in [-0.3, -0.25) is 4.79 Å². The first-order valence-corrected chi connectivity index (χ1v) is 7.15. The van der Waals surface area contributed by atoms with Gasteiger partial charge in [0.25, 0.3) is 0 Å². The maximum atomic E-state index is 11.6. The summed E-state index contributed by atoms with van der Waals surface area (Å²) in [5.41, 5.74) is 0.929. The van der Waals surface area contributed by atoms with Crippen LogP contribution in [0.4, 0.5) is 0 Å². The fourth-order valence-corrected chi connectivity index (χ4v) is 1.98. The minimum atomic E-state index is -0.0593. The van der Waals surface area contributed by atoms with Gasteiger partial charge in [-0.1, -0.05) is 25.8 Å². The topological polar surface area (TPSA) is 47.6 Å². The van der Waals surface area contributed by atoms with E-state index in [0.29, 0.717) is 13.2 Å². The molecule has 0 saturated carbocycles. The summed E-state index contributed by atoms with van der Waals surface area (Å²) >= 11 is 0. The third kappa shape index (κ3) is 4.30. The SMILES string of the molecule is CCCCCNC(=O)C=Cc1ccc2c(c1)OCCO2. The Morgan fingerprint density at radius 1 is 1.25 bits per heavy atom. The summed E-state index contributed by atoms with van der Waals surface area (Å²) in [7, 11) is 0. The molecule has 0 atom stereocenters. The van der Waals surface area contributed by atoms with E-state index in [1.165, 1.54) is 0 Å². The van der Waals surface area contributed by atoms with Crippen LogP contribution < -0.4 is 14.8 Å². The first-order chi connectivity index (χ1) is 9.79. The van der Waals surface area contributed by atoms with Gasteiger partial charge >= 0.3 is 0 Å². The molecule has 0 aliphatic carbocycles. The predicted molar refractivity (Wildman–Crippen MR) is 79.0 cm³/mol. The molecule has 1 aromatic carbocycles. The van der Waals surface area contributed by atoms with E-state index in [2.05, 4.69) is 12.2 Å². The van der Waals surface area contributed by atoms with Crippen molar-refractivity contribution in [3.63, 3.8) is 0 Å². The average Bonchev–Trinajstić information content (AvgIpc) is 2.49. The Bertz CT molecular complexity index is 483. The van der Waals surface area contributed by atoms with Gasteiger partial charge in [-0.05, 0) is 30.2 Å². The Morgan fingerprint density at radius 2 is 2.05 bits per heavy atom. The molecule has 4 nitrogen and oxygen atoms in total. The molecular formula is C16H21NO3. The van der Waals surface area contributed by atoms with E-state index in [0.717, 1.165) is 42.9 Å². The van der Waals surface area contributed by atoms with Crippen LogP contribution in [0.25, 0.3) is 6.08 Å². The van der Waals surface area contributed by atoms with Crippen molar-refractivity contribution in [3.05, 3.63) is 29.8 Å². The van der Waals surface area contributed by atoms with Crippen molar-refractivity contribution >= 4 is 12.0 Å². The smallest absolute Gasteiger partial charge is 0.243 e. The summed E-state index contributed by atoms with van der Waals surface area (Å²) in [5, 5.41) is 2.87. The highest BCUT2D eigenvalue weighted by atomic mass is 16.6. The molecule has 0 unspecified atom stereocenters. The minimum absolute atomic E-state index is 0.0593. The zero-order valence-corrected chi connectivity index (χ0v) is 11.9. The number of rotatable bonds is 6. The van der Waals surface area contributed by atoms with Crippen molar-refractivity contribution in [2.24, 2.45) is 0 Å². The molecule has 1 aliphatic rings. The van der Waals surface area contributed by atoms with Gasteiger partial charge in [0.2, 0.25) is 5.91 Å². The van der Waals surface area contributed by atoms with Crippen molar-refractivity contribution in [1.82, 2.24) is 5.32 Å². The van der Waals surface area contributed by atoms with E-state index in [4.69, 9.17) is 9.47 Å². The second-order valence-corrected chi connectivity index (χ2v) is 4.73. The van der Waals surface area contributed by atoms with Crippen LogP contribution in [-0.2, 0) is 4.79 Å². The van der Waals surface area contributed by atoms with Gasteiger partial charge in [0.15, 0.2) is 11.5 Å². The summed E-state index contributed by atoms with van der Waals surface area (Å²) in [6, 6.07) is 5.66. The molecule has 0 radical (unpaired) electrons. The number of ether oxygens (including phenoxy) is 2. The van der Waals surface area contributed by atoms with Crippen LogP contribution in [0.15, 0.2) is 24.3 Å². The van der Waals surface area contributed by atoms with Crippen LogP contribution in [-0.4, -0.2) is 25.7 Å². The summed E-state index contributed by atoms with van der Waals surface area (Å²) in [6.45, 7) is 4.03. The molecule has 0 fully saturated rings. The zero-order valence-electron chi connectivity index (χ0n) is 11.9. The lowest BCUT2D eigenvalue weighted by molar-refractivity contribution is -0.116. The van der Waals surface area contributed by atoms with Gasteiger partial charge in [0.05, 0.1) is 0 Å². The first kappa shape index (κ1) is 14.4. The summed E-state index contributed by atoms with van der Waals surface area (Å²) in [6.07, 6.45) is 6.67. The third-order valence-corrected chi connectivity index (χ3v) is 3.07. The number of carbonyl (C=O) groups excluding carboxylic acids is 1. The number of hydrogen-bond acceptors (Lipinski definition) is 3. The fraction of sp³-hybridized carbons (Fsp3) is 0.438. The monoisotopic (exact) mass is 275 g/mol. The van der Waals surface area contributed by atoms with E-state index in [1.54, 1.807) is 12.2 Å². The number of hydrogen-bond donors (Lipinski definition) is 1. The molecule has 108 valence electrons. The van der Waals surface area contributed by atoms with Crippen molar-refractivity contribution < 1.29 is 14.3 Å². The van der Waals surface area contributed by atoms with Gasteiger partial charge in [0.1, 0.15) is 13.2 Å². The van der Waals surface area contributed by atoms with E-state index >= 15 is 0 Å². The van der Waals surface area contributed by atoms with E-state index in [-0.39, 0.29) is 5.91 Å². The van der Waals surface area contributed by atoms with E-state index < -0.39 is 0 Å². The maximum Gasteiger partial charge on any atom is 0.243 e. The minimum Gasteiger partial charge on any atom is -0.486 e. The fourth-order valence-electron chi connectivity index (χ4n) is 1.98. The Labute approximate surface area is 119 Å². The standard InChI is InChI=1S/C16H21NO3/c1-2-3-4-9-17-16(18)8-6-13-5-7-14-15(12-13)20-11-10-19-14/h5-8,12H,2-4,9-11H2,1H3,(H,17,18). The second kappa shape index (κ2) is 7.58. The maximum absolute atomic E-state index is 11.6. The normalized spacial score (nSPS) is 13.4. The number of fused-ring (bicyclic) bond motifs is 1. The number of unbranched alkanes of at least 4 members (excludes halogenated alkanes) is 2. The van der Waals surface area contributed by atoms with E-state index in [1.807, 2.05) is 18.2 Å². The Kier molecular flexibility index (Phi) is 5.47. The van der Waals surface area contributed by atoms with Gasteiger partial charge in [-0.15, -0.1) is 0 Å². The Hall–Kier alpha value is -1.97. The Balaban J connectivity index is 1.86. The average molecular weight is 275 g/mol. The van der Waals surface area contributed by atoms with Crippen molar-refractivity contribution in [2.75, 3.05) is 19.8 Å². The molecule has 0 aromatic heterocycles. The molecule has 4 heteroatoms. The highest BCUT2D eigenvalue weighted by molar-refractivity contribution is 5.91. The lowest BCUT2D eigenvalue weighted by Gasteiger charge is -2.18. The van der Waals surface area contributed by atoms with Crippen molar-refractivity contribution in [2.45, 2.75) is 26.2 Å². The largest absolute Gasteiger partial charge is 0.486 e. The quantitative estimate of drug-likeness (QED) is 0.641. The lowest BCUT2D eigenvalue weighted by Crippen LogP contribution is -2.21. The predicted octanol–water partition coefficient (Wildman–Crippen LogP) is 2.78. The number of benzene rings is 1. The summed E-state index contributed by atoms with van der Waals surface area (Å²) in [4.78, 5) is 11.6. The van der Waals surface area contributed by atoms with Crippen LogP contribution in [0.5, 0.6) is 11.5 Å². The van der Waals surface area contributed by atoms with Gasteiger partial charge in [-0.25, -0.2) is 0 Å². The van der Waals surface area contributed by atoms with Crippen molar-refractivity contribution in [3.8, 4) is 11.5 Å². The molecule has 1 heterocycles. The lowest BCUT2D eigenvalue weighted by atomic mass is 10.2. The van der Waals surface area contributed by atoms with Crippen LogP contribution in [0.3, 0.4) is 0 Å². The van der Waals surface area contributed by atoms with Crippen LogP contribution >= 0.6 is 0 Å². The molecule has 1 N–H and O–H groups in total. The molecule has 0 saturated heterocycles. The third-order valence-electron chi connectivity index (χ3n) is 3.07. The molecular weight excluding hydrogens is 254 g/mol. The molecule has 1 aromatic rings. The summed E-state index contributed by atoms with van der Waals surface area (Å²) < 4.78 is 11.0. The number of nitrogens with one attached hydrogen (secondary N) is 1. The van der Waals surface area contributed by atoms with Crippen molar-refractivity contribution in [1.29, 1.82) is 0 Å². The molecule has 0 bridgehead atoms. The highest BCUT2D eigenvalue weighted by Crippen LogP contribution is 2.30. The Morgan fingerprint density at radius 3 is 2.85 bits per heavy atom. The molecule has 1 aliphatic heterocycles. The second-order valence-electron chi connectivity index (χ2n) is 4.73. The van der Waals surface area contributed by atoms with Crippen LogP contribution in [0, 0.1) is 0 Å². The molecule has 0 spiro atoms. The number of amides is 1. The highest BCUT2D eigenvalue weighted by Gasteiger charge is 2.10. The summed E-state index contributed by atoms with van der Waals surface area (Å²) in [5.74, 6) is 1.44. The van der Waals surface area contributed by atoms with Crippen LogP contribution in [0.1, 0.15) is 31.7 Å². The first-order valence-electron chi connectivity index (χ1n) is 7.15. The van der Waals surface area contributed by atoms with Gasteiger partial charge in [0, 0.05) is 12.6 Å². The number of carbonyl (C=O) groups is 1. The molecule has 1 amide bonds. The molecule has 2 rings (SSSR count).